The normalized spacial score (nSPS) is 10.8. The zero-order chi connectivity index (χ0) is 11.8. The van der Waals surface area contributed by atoms with Gasteiger partial charge in [-0.15, -0.1) is 11.3 Å². The second-order valence-electron chi connectivity index (χ2n) is 3.40. The summed E-state index contributed by atoms with van der Waals surface area (Å²) in [6.45, 7) is 0. The summed E-state index contributed by atoms with van der Waals surface area (Å²) in [6, 6.07) is 3.62. The topological polar surface area (TPSA) is 86.7 Å². The largest absolute Gasteiger partial charge is 0.364 e. The number of hydrogen-bond donors (Lipinski definition) is 1. The molecule has 0 bridgehead atoms. The van der Waals surface area contributed by atoms with Crippen molar-refractivity contribution in [3.63, 3.8) is 0 Å². The molecule has 84 valence electrons. The monoisotopic (exact) mass is 245 g/mol. The fraction of sp³-hybridized carbons (Fsp3) is 0. The number of pyridine rings is 1. The molecule has 3 aromatic rings. The minimum absolute atomic E-state index is 0.268. The summed E-state index contributed by atoms with van der Waals surface area (Å²) in [4.78, 5) is 18.9. The predicted molar refractivity (Wildman–Crippen MR) is 63.1 cm³/mol. The van der Waals surface area contributed by atoms with Gasteiger partial charge in [0, 0.05) is 16.3 Å². The standard InChI is InChI=1S/C10H7N5OS/c11-10(16)7-2-8-6(3-13-7)1-9(17-8)15-5-12-4-14-15/h1-5H,(H2,11,16). The zero-order valence-electron chi connectivity index (χ0n) is 8.57. The molecule has 0 radical (unpaired) electrons. The predicted octanol–water partition coefficient (Wildman–Crippen LogP) is 0.976. The van der Waals surface area contributed by atoms with E-state index in [9.17, 15) is 4.79 Å². The van der Waals surface area contributed by atoms with Gasteiger partial charge >= 0.3 is 0 Å². The molecule has 0 spiro atoms. The van der Waals surface area contributed by atoms with Crippen LogP contribution in [-0.4, -0.2) is 25.7 Å². The van der Waals surface area contributed by atoms with Gasteiger partial charge in [-0.2, -0.15) is 5.10 Å². The molecule has 0 aliphatic heterocycles. The Morgan fingerprint density at radius 2 is 2.29 bits per heavy atom. The molecule has 2 N–H and O–H groups in total. The maximum absolute atomic E-state index is 11.0. The molecule has 6 nitrogen and oxygen atoms in total. The summed E-state index contributed by atoms with van der Waals surface area (Å²) < 4.78 is 2.61. The molecule has 0 aromatic carbocycles. The number of aromatic nitrogens is 4. The fourth-order valence-electron chi connectivity index (χ4n) is 1.49. The number of fused-ring (bicyclic) bond motifs is 1. The van der Waals surface area contributed by atoms with Gasteiger partial charge < -0.3 is 5.73 Å². The van der Waals surface area contributed by atoms with E-state index >= 15 is 0 Å². The lowest BCUT2D eigenvalue weighted by atomic mass is 10.3. The Balaban J connectivity index is 2.16. The third kappa shape index (κ3) is 1.66. The van der Waals surface area contributed by atoms with E-state index in [1.165, 1.54) is 17.7 Å². The number of carbonyl (C=O) groups is 1. The number of amides is 1. The van der Waals surface area contributed by atoms with E-state index in [0.29, 0.717) is 0 Å². The fourth-order valence-corrected chi connectivity index (χ4v) is 2.49. The number of primary amides is 1. The van der Waals surface area contributed by atoms with Crippen molar-refractivity contribution in [2.24, 2.45) is 5.73 Å². The van der Waals surface area contributed by atoms with Crippen LogP contribution in [0.2, 0.25) is 0 Å². The molecule has 0 fully saturated rings. The van der Waals surface area contributed by atoms with Crippen molar-refractivity contribution in [2.75, 3.05) is 0 Å². The first-order valence-corrected chi connectivity index (χ1v) is 5.60. The van der Waals surface area contributed by atoms with Crippen molar-refractivity contribution >= 4 is 27.3 Å². The van der Waals surface area contributed by atoms with Crippen molar-refractivity contribution in [2.45, 2.75) is 0 Å². The zero-order valence-corrected chi connectivity index (χ0v) is 9.39. The number of nitrogens with zero attached hydrogens (tertiary/aromatic N) is 4. The molecule has 3 aromatic heterocycles. The Morgan fingerprint density at radius 1 is 1.41 bits per heavy atom. The summed E-state index contributed by atoms with van der Waals surface area (Å²) in [5, 5.41) is 5.91. The Labute approximate surface area is 99.7 Å². The van der Waals surface area contributed by atoms with Gasteiger partial charge in [-0.05, 0) is 12.1 Å². The van der Waals surface area contributed by atoms with Gasteiger partial charge in [0.1, 0.15) is 23.3 Å². The van der Waals surface area contributed by atoms with Crippen LogP contribution in [0.5, 0.6) is 0 Å². The van der Waals surface area contributed by atoms with Crippen LogP contribution in [0.3, 0.4) is 0 Å². The smallest absolute Gasteiger partial charge is 0.267 e. The highest BCUT2D eigenvalue weighted by molar-refractivity contribution is 7.21. The molecule has 0 atom stereocenters. The first-order valence-electron chi connectivity index (χ1n) is 4.78. The molecule has 3 heterocycles. The Kier molecular flexibility index (Phi) is 2.12. The lowest BCUT2D eigenvalue weighted by molar-refractivity contribution is 0.0996. The van der Waals surface area contributed by atoms with Crippen molar-refractivity contribution in [3.8, 4) is 5.00 Å². The van der Waals surface area contributed by atoms with Gasteiger partial charge in [-0.25, -0.2) is 9.67 Å². The highest BCUT2D eigenvalue weighted by Gasteiger charge is 2.08. The summed E-state index contributed by atoms with van der Waals surface area (Å²) >= 11 is 1.50. The van der Waals surface area contributed by atoms with Crippen LogP contribution in [0.1, 0.15) is 10.5 Å². The van der Waals surface area contributed by atoms with Crippen molar-refractivity contribution in [1.82, 2.24) is 19.7 Å². The number of thiophene rings is 1. The van der Waals surface area contributed by atoms with Crippen LogP contribution in [-0.2, 0) is 0 Å². The molecular formula is C10H7N5OS. The van der Waals surface area contributed by atoms with Crippen LogP contribution in [0, 0.1) is 0 Å². The van der Waals surface area contributed by atoms with Crippen LogP contribution in [0.25, 0.3) is 15.1 Å². The quantitative estimate of drug-likeness (QED) is 0.729. The second kappa shape index (κ2) is 3.63. The second-order valence-corrected chi connectivity index (χ2v) is 4.46. The summed E-state index contributed by atoms with van der Waals surface area (Å²) in [6.07, 6.45) is 4.72. The maximum Gasteiger partial charge on any atom is 0.267 e. The van der Waals surface area contributed by atoms with Crippen molar-refractivity contribution < 1.29 is 4.79 Å². The molecule has 0 aliphatic carbocycles. The summed E-state index contributed by atoms with van der Waals surface area (Å²) in [5.74, 6) is -0.525. The van der Waals surface area contributed by atoms with E-state index in [4.69, 9.17) is 5.73 Å². The maximum atomic E-state index is 11.0. The van der Waals surface area contributed by atoms with Crippen LogP contribution >= 0.6 is 11.3 Å². The van der Waals surface area contributed by atoms with E-state index in [1.54, 1.807) is 23.3 Å². The SMILES string of the molecule is NC(=O)c1cc2sc(-n3cncn3)cc2cn1. The lowest BCUT2D eigenvalue weighted by Crippen LogP contribution is -2.12. The molecule has 17 heavy (non-hydrogen) atoms. The molecular weight excluding hydrogens is 238 g/mol. The van der Waals surface area contributed by atoms with Gasteiger partial charge in [0.05, 0.1) is 0 Å². The Morgan fingerprint density at radius 3 is 3.00 bits per heavy atom. The van der Waals surface area contributed by atoms with Gasteiger partial charge in [0.15, 0.2) is 0 Å². The molecule has 0 aliphatic rings. The molecule has 1 amide bonds. The van der Waals surface area contributed by atoms with E-state index in [0.717, 1.165) is 15.1 Å². The highest BCUT2D eigenvalue weighted by Crippen LogP contribution is 2.27. The third-order valence-electron chi connectivity index (χ3n) is 2.29. The van der Waals surface area contributed by atoms with Gasteiger partial charge in [-0.1, -0.05) is 0 Å². The number of nitrogens with two attached hydrogens (primary N) is 1. The van der Waals surface area contributed by atoms with Crippen molar-refractivity contribution in [1.29, 1.82) is 0 Å². The third-order valence-corrected chi connectivity index (χ3v) is 3.37. The van der Waals surface area contributed by atoms with Gasteiger partial charge in [-0.3, -0.25) is 9.78 Å². The highest BCUT2D eigenvalue weighted by atomic mass is 32.1. The van der Waals surface area contributed by atoms with E-state index in [1.807, 2.05) is 6.07 Å². The number of hydrogen-bond acceptors (Lipinski definition) is 5. The minimum Gasteiger partial charge on any atom is -0.364 e. The average molecular weight is 245 g/mol. The van der Waals surface area contributed by atoms with Crippen molar-refractivity contribution in [3.05, 3.63) is 36.7 Å². The van der Waals surface area contributed by atoms with E-state index < -0.39 is 5.91 Å². The summed E-state index contributed by atoms with van der Waals surface area (Å²) in [7, 11) is 0. The Hall–Kier alpha value is -2.28. The Bertz CT molecular complexity index is 688. The van der Waals surface area contributed by atoms with Crippen LogP contribution < -0.4 is 5.73 Å². The first kappa shape index (κ1) is 9.91. The summed E-state index contributed by atoms with van der Waals surface area (Å²) in [5.41, 5.74) is 5.45. The average Bonchev–Trinajstić information content (AvgIpc) is 2.96. The van der Waals surface area contributed by atoms with E-state index in [2.05, 4.69) is 15.1 Å². The van der Waals surface area contributed by atoms with Gasteiger partial charge in [0.25, 0.3) is 5.91 Å². The van der Waals surface area contributed by atoms with Crippen LogP contribution in [0.15, 0.2) is 31.0 Å². The lowest BCUT2D eigenvalue weighted by Gasteiger charge is -1.92. The molecule has 7 heteroatoms. The molecule has 0 saturated heterocycles. The first-order chi connectivity index (χ1) is 8.24. The molecule has 0 unspecified atom stereocenters. The number of rotatable bonds is 2. The minimum atomic E-state index is -0.525. The van der Waals surface area contributed by atoms with Crippen LogP contribution in [0.4, 0.5) is 0 Å². The van der Waals surface area contributed by atoms with E-state index in [-0.39, 0.29) is 5.69 Å². The molecule has 3 rings (SSSR count). The molecule has 0 saturated carbocycles. The van der Waals surface area contributed by atoms with Gasteiger partial charge in [0.2, 0.25) is 0 Å². The number of carbonyl (C=O) groups excluding carboxylic acids is 1.